The highest BCUT2D eigenvalue weighted by atomic mass is 32.1. The lowest BCUT2D eigenvalue weighted by atomic mass is 10.1. The SMILES string of the molecule is CCOc1ccc(C)cc1-c1csc(-c2ccccc2CN)n1. The maximum Gasteiger partial charge on any atom is 0.128 e. The van der Waals surface area contributed by atoms with Crippen LogP contribution in [-0.2, 0) is 6.54 Å². The van der Waals surface area contributed by atoms with E-state index in [4.69, 9.17) is 15.5 Å². The number of hydrogen-bond donors (Lipinski definition) is 1. The highest BCUT2D eigenvalue weighted by Gasteiger charge is 2.13. The zero-order valence-electron chi connectivity index (χ0n) is 13.4. The fourth-order valence-corrected chi connectivity index (χ4v) is 3.43. The smallest absolute Gasteiger partial charge is 0.128 e. The molecular formula is C19H20N2OS. The van der Waals surface area contributed by atoms with E-state index in [0.29, 0.717) is 13.2 Å². The Labute approximate surface area is 140 Å². The Hall–Kier alpha value is -2.17. The van der Waals surface area contributed by atoms with Crippen molar-refractivity contribution >= 4 is 11.3 Å². The van der Waals surface area contributed by atoms with Crippen molar-refractivity contribution in [1.82, 2.24) is 4.98 Å². The van der Waals surface area contributed by atoms with Crippen molar-refractivity contribution in [2.75, 3.05) is 6.61 Å². The minimum atomic E-state index is 0.514. The molecule has 1 aromatic heterocycles. The fourth-order valence-electron chi connectivity index (χ4n) is 2.55. The number of ether oxygens (including phenoxy) is 1. The van der Waals surface area contributed by atoms with Gasteiger partial charge in [-0.2, -0.15) is 0 Å². The van der Waals surface area contributed by atoms with Crippen LogP contribution in [0.2, 0.25) is 0 Å². The molecule has 2 aromatic carbocycles. The van der Waals surface area contributed by atoms with Crippen LogP contribution in [0.5, 0.6) is 5.75 Å². The quantitative estimate of drug-likeness (QED) is 0.743. The lowest BCUT2D eigenvalue weighted by molar-refractivity contribution is 0.341. The van der Waals surface area contributed by atoms with E-state index < -0.39 is 0 Å². The Bertz CT molecular complexity index is 811. The predicted octanol–water partition coefficient (Wildman–Crippen LogP) is 4.64. The Kier molecular flexibility index (Phi) is 4.74. The Morgan fingerprint density at radius 1 is 1.13 bits per heavy atom. The summed E-state index contributed by atoms with van der Waals surface area (Å²) in [4.78, 5) is 4.83. The van der Waals surface area contributed by atoms with Crippen LogP contribution in [-0.4, -0.2) is 11.6 Å². The standard InChI is InChI=1S/C19H20N2OS/c1-3-22-18-9-8-13(2)10-16(18)17-12-23-19(21-17)15-7-5-4-6-14(15)11-20/h4-10,12H,3,11,20H2,1-2H3. The molecular weight excluding hydrogens is 304 g/mol. The molecule has 0 saturated carbocycles. The van der Waals surface area contributed by atoms with Crippen molar-refractivity contribution in [3.63, 3.8) is 0 Å². The van der Waals surface area contributed by atoms with Crippen molar-refractivity contribution in [3.05, 3.63) is 59.0 Å². The molecule has 23 heavy (non-hydrogen) atoms. The highest BCUT2D eigenvalue weighted by molar-refractivity contribution is 7.13. The van der Waals surface area contributed by atoms with Crippen LogP contribution in [0.15, 0.2) is 47.8 Å². The number of aryl methyl sites for hydroxylation is 1. The number of hydrogen-bond acceptors (Lipinski definition) is 4. The number of nitrogens with zero attached hydrogens (tertiary/aromatic N) is 1. The topological polar surface area (TPSA) is 48.1 Å². The average molecular weight is 324 g/mol. The first-order valence-corrected chi connectivity index (χ1v) is 8.58. The molecule has 0 bridgehead atoms. The number of benzene rings is 2. The third-order valence-corrected chi connectivity index (χ3v) is 4.56. The first-order chi connectivity index (χ1) is 11.2. The molecule has 3 rings (SSSR count). The van der Waals surface area contributed by atoms with Gasteiger partial charge in [0.05, 0.1) is 12.3 Å². The van der Waals surface area contributed by atoms with E-state index in [0.717, 1.165) is 33.1 Å². The van der Waals surface area contributed by atoms with Gasteiger partial charge in [0.2, 0.25) is 0 Å². The van der Waals surface area contributed by atoms with Gasteiger partial charge < -0.3 is 10.5 Å². The molecule has 2 N–H and O–H groups in total. The number of rotatable bonds is 5. The zero-order valence-corrected chi connectivity index (χ0v) is 14.2. The third kappa shape index (κ3) is 3.28. The van der Waals surface area contributed by atoms with Crippen LogP contribution in [0.1, 0.15) is 18.1 Å². The summed E-state index contributed by atoms with van der Waals surface area (Å²) < 4.78 is 5.75. The Balaban J connectivity index is 2.04. The summed E-state index contributed by atoms with van der Waals surface area (Å²) in [6, 6.07) is 14.4. The van der Waals surface area contributed by atoms with E-state index in [9.17, 15) is 0 Å². The molecule has 0 aliphatic rings. The molecule has 0 amide bonds. The molecule has 0 aliphatic carbocycles. The van der Waals surface area contributed by atoms with Crippen LogP contribution in [0.4, 0.5) is 0 Å². The number of aromatic nitrogens is 1. The van der Waals surface area contributed by atoms with Crippen LogP contribution in [0.3, 0.4) is 0 Å². The minimum Gasteiger partial charge on any atom is -0.493 e. The molecule has 118 valence electrons. The fraction of sp³-hybridized carbons (Fsp3) is 0.211. The molecule has 3 nitrogen and oxygen atoms in total. The normalized spacial score (nSPS) is 10.7. The van der Waals surface area contributed by atoms with Gasteiger partial charge in [-0.3, -0.25) is 0 Å². The molecule has 0 aliphatic heterocycles. The van der Waals surface area contributed by atoms with Gasteiger partial charge in [0.15, 0.2) is 0 Å². The molecule has 0 atom stereocenters. The summed E-state index contributed by atoms with van der Waals surface area (Å²) in [7, 11) is 0. The summed E-state index contributed by atoms with van der Waals surface area (Å²) in [5.41, 5.74) is 11.3. The van der Waals surface area contributed by atoms with Crippen molar-refractivity contribution in [1.29, 1.82) is 0 Å². The van der Waals surface area contributed by atoms with Crippen LogP contribution >= 0.6 is 11.3 Å². The lowest BCUT2D eigenvalue weighted by Crippen LogP contribution is -1.98. The summed E-state index contributed by atoms with van der Waals surface area (Å²) in [6.07, 6.45) is 0. The Morgan fingerprint density at radius 3 is 2.74 bits per heavy atom. The van der Waals surface area contributed by atoms with Crippen LogP contribution < -0.4 is 10.5 Å². The first-order valence-electron chi connectivity index (χ1n) is 7.70. The molecule has 0 spiro atoms. The monoisotopic (exact) mass is 324 g/mol. The zero-order chi connectivity index (χ0) is 16.2. The van der Waals surface area contributed by atoms with Gasteiger partial charge in [-0.1, -0.05) is 35.9 Å². The summed E-state index contributed by atoms with van der Waals surface area (Å²) in [6.45, 7) is 5.23. The minimum absolute atomic E-state index is 0.514. The maximum absolute atomic E-state index is 5.85. The second kappa shape index (κ2) is 6.94. The third-order valence-electron chi connectivity index (χ3n) is 3.68. The molecule has 0 fully saturated rings. The summed E-state index contributed by atoms with van der Waals surface area (Å²) in [5, 5.41) is 3.07. The van der Waals surface area contributed by atoms with Crippen LogP contribution in [0.25, 0.3) is 21.8 Å². The largest absolute Gasteiger partial charge is 0.493 e. The van der Waals surface area contributed by atoms with Gasteiger partial charge in [-0.25, -0.2) is 4.98 Å². The van der Waals surface area contributed by atoms with E-state index in [-0.39, 0.29) is 0 Å². The average Bonchev–Trinajstić information content (AvgIpc) is 3.06. The highest BCUT2D eigenvalue weighted by Crippen LogP contribution is 2.35. The molecule has 1 heterocycles. The van der Waals surface area contributed by atoms with E-state index in [1.165, 1.54) is 5.56 Å². The summed E-state index contributed by atoms with van der Waals surface area (Å²) in [5.74, 6) is 0.877. The second-order valence-electron chi connectivity index (χ2n) is 5.33. The second-order valence-corrected chi connectivity index (χ2v) is 6.19. The summed E-state index contributed by atoms with van der Waals surface area (Å²) >= 11 is 1.64. The van der Waals surface area contributed by atoms with E-state index in [1.54, 1.807) is 11.3 Å². The molecule has 4 heteroatoms. The predicted molar refractivity (Wildman–Crippen MR) is 96.8 cm³/mol. The number of thiazole rings is 1. The van der Waals surface area contributed by atoms with Gasteiger partial charge in [0.1, 0.15) is 10.8 Å². The van der Waals surface area contributed by atoms with Crippen molar-refractivity contribution in [2.24, 2.45) is 5.73 Å². The first kappa shape index (κ1) is 15.7. The lowest BCUT2D eigenvalue weighted by Gasteiger charge is -2.09. The van der Waals surface area contributed by atoms with Crippen molar-refractivity contribution in [2.45, 2.75) is 20.4 Å². The van der Waals surface area contributed by atoms with Crippen molar-refractivity contribution in [3.8, 4) is 27.6 Å². The molecule has 3 aromatic rings. The molecule has 0 saturated heterocycles. The van der Waals surface area contributed by atoms with Gasteiger partial charge in [-0.05, 0) is 31.5 Å². The van der Waals surface area contributed by atoms with E-state index in [1.807, 2.05) is 25.1 Å². The van der Waals surface area contributed by atoms with Crippen LogP contribution in [0, 0.1) is 6.92 Å². The van der Waals surface area contributed by atoms with Gasteiger partial charge in [0, 0.05) is 23.1 Å². The number of nitrogens with two attached hydrogens (primary N) is 1. The Morgan fingerprint density at radius 2 is 1.96 bits per heavy atom. The molecule has 0 unspecified atom stereocenters. The molecule has 0 radical (unpaired) electrons. The van der Waals surface area contributed by atoms with Gasteiger partial charge in [0.25, 0.3) is 0 Å². The van der Waals surface area contributed by atoms with Crippen molar-refractivity contribution < 1.29 is 4.74 Å². The van der Waals surface area contributed by atoms with E-state index in [2.05, 4.69) is 36.6 Å². The maximum atomic E-state index is 5.85. The van der Waals surface area contributed by atoms with Gasteiger partial charge >= 0.3 is 0 Å². The van der Waals surface area contributed by atoms with Gasteiger partial charge in [-0.15, -0.1) is 11.3 Å². The van der Waals surface area contributed by atoms with E-state index >= 15 is 0 Å².